The molecule has 0 aromatic heterocycles. The first-order valence-electron chi connectivity index (χ1n) is 16.1. The number of hydrogen-bond donors (Lipinski definition) is 0. The summed E-state index contributed by atoms with van der Waals surface area (Å²) in [5.41, 5.74) is 16.0. The van der Waals surface area contributed by atoms with Crippen molar-refractivity contribution in [3.8, 4) is 0 Å². The minimum atomic E-state index is -3.06. The molecule has 2 aliphatic rings. The van der Waals surface area contributed by atoms with Crippen molar-refractivity contribution in [3.05, 3.63) is 110 Å². The molecule has 0 N–H and O–H groups in total. The molecule has 216 valence electrons. The van der Waals surface area contributed by atoms with Gasteiger partial charge < -0.3 is 0 Å². The van der Waals surface area contributed by atoms with Crippen molar-refractivity contribution >= 4 is 24.0 Å². The van der Waals surface area contributed by atoms with Crippen molar-refractivity contribution in [3.63, 3.8) is 0 Å². The molecule has 2 unspecified atom stereocenters. The van der Waals surface area contributed by atoms with Crippen molar-refractivity contribution < 1.29 is 19.4 Å². The summed E-state index contributed by atoms with van der Waals surface area (Å²) in [6, 6.07) is 22.0. The Kier molecular flexibility index (Phi) is 8.78. The van der Waals surface area contributed by atoms with Crippen LogP contribution >= 0.6 is 0 Å². The average Bonchev–Trinajstić information content (AvgIpc) is 3.43. The van der Waals surface area contributed by atoms with E-state index in [9.17, 15) is 0 Å². The van der Waals surface area contributed by atoms with Gasteiger partial charge in [-0.25, -0.2) is 0 Å². The zero-order chi connectivity index (χ0) is 29.8. The second-order valence-electron chi connectivity index (χ2n) is 14.7. The van der Waals surface area contributed by atoms with Crippen LogP contribution in [0, 0.1) is 0 Å². The van der Waals surface area contributed by atoms with Gasteiger partial charge in [-0.05, 0) is 0 Å². The maximum atomic E-state index is 2.89. The molecule has 0 spiro atoms. The fourth-order valence-corrected chi connectivity index (χ4v) is 38.6. The fraction of sp³-hybridized carbons (Fsp3) is 0.436. The van der Waals surface area contributed by atoms with Gasteiger partial charge in [0.25, 0.3) is 0 Å². The second kappa shape index (κ2) is 11.7. The van der Waals surface area contributed by atoms with Gasteiger partial charge >= 0.3 is 258 Å². The van der Waals surface area contributed by atoms with E-state index in [2.05, 4.69) is 141 Å². The van der Waals surface area contributed by atoms with Crippen LogP contribution in [0.2, 0.25) is 4.63 Å². The number of rotatable bonds is 8. The molecule has 0 heterocycles. The summed E-state index contributed by atoms with van der Waals surface area (Å²) in [5.74, 6) is 2.16. The molecule has 2 atom stereocenters. The Morgan fingerprint density at radius 3 is 1.37 bits per heavy atom. The van der Waals surface area contributed by atoms with Gasteiger partial charge in [-0.1, -0.05) is 0 Å². The van der Waals surface area contributed by atoms with Crippen LogP contribution in [0.4, 0.5) is 0 Å². The topological polar surface area (TPSA) is 0 Å². The van der Waals surface area contributed by atoms with Gasteiger partial charge in [-0.3, -0.25) is 0 Å². The van der Waals surface area contributed by atoms with E-state index in [4.69, 9.17) is 0 Å². The van der Waals surface area contributed by atoms with Crippen molar-refractivity contribution in [1.29, 1.82) is 0 Å². The van der Waals surface area contributed by atoms with Gasteiger partial charge in [0.05, 0.1) is 0 Å². The van der Waals surface area contributed by atoms with E-state index in [0.29, 0.717) is 30.9 Å². The van der Waals surface area contributed by atoms with Crippen molar-refractivity contribution in [2.45, 2.75) is 105 Å². The molecule has 2 aliphatic carbocycles. The molecule has 0 nitrogen and oxygen atoms in total. The van der Waals surface area contributed by atoms with E-state index in [-0.39, 0.29) is 0 Å². The van der Waals surface area contributed by atoms with E-state index >= 15 is 0 Å². The zero-order valence-corrected chi connectivity index (χ0v) is 31.4. The molecular weight excluding hydrogens is 588 g/mol. The summed E-state index contributed by atoms with van der Waals surface area (Å²) in [6.45, 7) is 23.5. The van der Waals surface area contributed by atoms with Gasteiger partial charge in [-0.15, -0.1) is 0 Å². The number of fused-ring (bicyclic) bond motifs is 2. The van der Waals surface area contributed by atoms with Crippen LogP contribution in [0.5, 0.6) is 0 Å². The Morgan fingerprint density at radius 2 is 1.00 bits per heavy atom. The predicted molar refractivity (Wildman–Crippen MR) is 183 cm³/mol. The summed E-state index contributed by atoms with van der Waals surface area (Å²) in [4.78, 5) is 0. The van der Waals surface area contributed by atoms with E-state index in [0.717, 1.165) is 0 Å². The third-order valence-electron chi connectivity index (χ3n) is 10.1. The van der Waals surface area contributed by atoms with E-state index in [1.165, 1.54) is 11.1 Å². The molecular formula is C39H52SiZr. The molecule has 5 rings (SSSR count). The maximum absolute atomic E-state index is 3.06. The minimum absolute atomic E-state index is 0.494. The normalized spacial score (nSPS) is 19.9. The second-order valence-corrected chi connectivity index (χ2v) is 37.7. The molecule has 3 aromatic carbocycles. The molecule has 0 amide bonds. The van der Waals surface area contributed by atoms with Crippen LogP contribution in [0.3, 0.4) is 0 Å². The summed E-state index contributed by atoms with van der Waals surface area (Å²) < 4.78 is 4.15. The van der Waals surface area contributed by atoms with Crippen molar-refractivity contribution in [2.24, 2.45) is 0 Å². The Hall–Kier alpha value is -1.76. The Bertz CT molecular complexity index is 1410. The average molecular weight is 640 g/mol. The van der Waals surface area contributed by atoms with Gasteiger partial charge in [-0.2, -0.15) is 0 Å². The zero-order valence-electron chi connectivity index (χ0n) is 27.5. The van der Waals surface area contributed by atoms with Gasteiger partial charge in [0.15, 0.2) is 0 Å². The molecule has 3 aromatic rings. The third kappa shape index (κ3) is 5.54. The predicted octanol–water partition coefficient (Wildman–Crippen LogP) is 10.4. The van der Waals surface area contributed by atoms with E-state index in [1.54, 1.807) is 49.7 Å². The van der Waals surface area contributed by atoms with Crippen LogP contribution in [0.1, 0.15) is 145 Å². The molecule has 0 aliphatic heterocycles. The van der Waals surface area contributed by atoms with Gasteiger partial charge in [0, 0.05) is 0 Å². The monoisotopic (exact) mass is 638 g/mol. The molecule has 41 heavy (non-hydrogen) atoms. The first-order valence-corrected chi connectivity index (χ1v) is 28.0. The molecule has 0 saturated heterocycles. The third-order valence-corrected chi connectivity index (χ3v) is 35.5. The summed E-state index contributed by atoms with van der Waals surface area (Å²) in [5, 5.41) is 1.67. The summed E-state index contributed by atoms with van der Waals surface area (Å²) >= 11 is -3.06. The number of benzene rings is 3. The Morgan fingerprint density at radius 1 is 0.585 bits per heavy atom. The quantitative estimate of drug-likeness (QED) is 0.215. The fourth-order valence-electron chi connectivity index (χ4n) is 8.15. The number of allylic oxidation sites excluding steroid dienone is 2. The standard InChI is InChI=1S/2C16H21.C6H7Si.CH3.Zr/c2*1-10(2)13-8-14-6-12(5)7-16(14)15(9-13)11(3)4;7-6-4-2-1-3-5-6;;/h2*6-11H,1-5H3;1-5H,7H2;1H3;. The van der Waals surface area contributed by atoms with Crippen molar-refractivity contribution in [1.82, 2.24) is 0 Å². The SMILES string of the molecule is CC1=Cc2c(C(C)C)cc(C(C)C)cc2[CH]1[Zr]([CH3])([SiH2]c1ccccc1)[CH]1C(C)=Cc2c(C(C)C)cc(C(C)C)cc21. The summed E-state index contributed by atoms with van der Waals surface area (Å²) in [6.07, 6.45) is 5.24. The first kappa shape index (κ1) is 30.7. The number of hydrogen-bond acceptors (Lipinski definition) is 0. The first-order chi connectivity index (χ1) is 19.3. The van der Waals surface area contributed by atoms with Crippen LogP contribution in [-0.4, -0.2) is 6.65 Å². The van der Waals surface area contributed by atoms with Crippen LogP contribution < -0.4 is 5.19 Å². The Labute approximate surface area is 256 Å². The molecule has 0 fully saturated rings. The summed E-state index contributed by atoms with van der Waals surface area (Å²) in [7, 11) is 0. The molecule has 0 saturated carbocycles. The molecule has 0 radical (unpaired) electrons. The molecule has 0 bridgehead atoms. The van der Waals surface area contributed by atoms with Crippen LogP contribution in [0.25, 0.3) is 12.2 Å². The van der Waals surface area contributed by atoms with Crippen LogP contribution in [-0.2, 0) is 19.4 Å². The van der Waals surface area contributed by atoms with Gasteiger partial charge in [0.1, 0.15) is 0 Å². The van der Waals surface area contributed by atoms with E-state index in [1.807, 2.05) is 0 Å². The van der Waals surface area contributed by atoms with Crippen molar-refractivity contribution in [2.75, 3.05) is 0 Å². The van der Waals surface area contributed by atoms with E-state index < -0.39 is 26.1 Å². The van der Waals surface area contributed by atoms with Crippen LogP contribution in [0.15, 0.2) is 65.7 Å². The molecule has 2 heteroatoms. The Balaban J connectivity index is 1.79. The van der Waals surface area contributed by atoms with Gasteiger partial charge in [0.2, 0.25) is 0 Å².